The lowest BCUT2D eigenvalue weighted by atomic mass is 10.3. The maximum absolute atomic E-state index is 12.1. The van der Waals surface area contributed by atoms with Crippen molar-refractivity contribution in [2.24, 2.45) is 0 Å². The van der Waals surface area contributed by atoms with Crippen LogP contribution >= 0.6 is 57.7 Å². The van der Waals surface area contributed by atoms with Crippen molar-refractivity contribution >= 4 is 69.3 Å². The fourth-order valence-corrected chi connectivity index (χ4v) is 2.69. The summed E-state index contributed by atoms with van der Waals surface area (Å²) < 4.78 is -1.74. The molecule has 1 aromatic heterocycles. The Bertz CT molecular complexity index is 613. The van der Waals surface area contributed by atoms with Gasteiger partial charge in [-0.25, -0.2) is 0 Å². The molecular formula is C13H10Cl4N2OS. The largest absolute Gasteiger partial charge is 0.361 e. The molecule has 0 fully saturated rings. The summed E-state index contributed by atoms with van der Waals surface area (Å²) in [5.41, 5.74) is 0.557. The van der Waals surface area contributed by atoms with Crippen molar-refractivity contribution in [3.8, 4) is 0 Å². The van der Waals surface area contributed by atoms with Crippen LogP contribution in [0.4, 0.5) is 5.69 Å². The van der Waals surface area contributed by atoms with Crippen LogP contribution in [0.1, 0.15) is 9.67 Å². The van der Waals surface area contributed by atoms with Crippen molar-refractivity contribution in [2.45, 2.75) is 9.96 Å². The lowest BCUT2D eigenvalue weighted by Gasteiger charge is -2.27. The quantitative estimate of drug-likeness (QED) is 0.579. The summed E-state index contributed by atoms with van der Waals surface area (Å²) in [6.45, 7) is 0. The molecule has 1 aromatic carbocycles. The Kier molecular flexibility index (Phi) is 5.63. The molecule has 2 N–H and O–H groups in total. The van der Waals surface area contributed by atoms with Crippen molar-refractivity contribution in [3.05, 3.63) is 51.7 Å². The first-order valence-electron chi connectivity index (χ1n) is 5.80. The van der Waals surface area contributed by atoms with Crippen LogP contribution in [0, 0.1) is 0 Å². The van der Waals surface area contributed by atoms with Gasteiger partial charge in [0.15, 0.2) is 0 Å². The molecule has 2 rings (SSSR count). The molecule has 0 aliphatic rings. The van der Waals surface area contributed by atoms with Crippen molar-refractivity contribution in [1.29, 1.82) is 0 Å². The fraction of sp³-hybridized carbons (Fsp3) is 0.154. The lowest BCUT2D eigenvalue weighted by Crippen LogP contribution is -2.49. The Morgan fingerprint density at radius 3 is 2.43 bits per heavy atom. The molecule has 1 amide bonds. The van der Waals surface area contributed by atoms with Gasteiger partial charge in [0, 0.05) is 0 Å². The van der Waals surface area contributed by atoms with Gasteiger partial charge in [0.2, 0.25) is 3.79 Å². The van der Waals surface area contributed by atoms with Gasteiger partial charge in [-0.05, 0) is 23.6 Å². The molecule has 0 spiro atoms. The number of para-hydroxylation sites is 1. The minimum absolute atomic E-state index is 0.333. The van der Waals surface area contributed by atoms with Crippen LogP contribution in [-0.4, -0.2) is 15.9 Å². The number of nitrogens with one attached hydrogen (secondary N) is 2. The Hall–Kier alpha value is -0.650. The van der Waals surface area contributed by atoms with E-state index < -0.39 is 9.96 Å². The molecule has 2 aromatic rings. The average Bonchev–Trinajstić information content (AvgIpc) is 2.93. The molecule has 0 unspecified atom stereocenters. The topological polar surface area (TPSA) is 41.1 Å². The highest BCUT2D eigenvalue weighted by Gasteiger charge is 2.34. The summed E-state index contributed by atoms with van der Waals surface area (Å²) in [6, 6.07) is 10.4. The van der Waals surface area contributed by atoms with Gasteiger partial charge < -0.3 is 10.6 Å². The second-order valence-corrected chi connectivity index (χ2v) is 7.77. The number of anilines is 1. The molecular weight excluding hydrogens is 374 g/mol. The molecule has 3 nitrogen and oxygen atoms in total. The van der Waals surface area contributed by atoms with E-state index in [4.69, 9.17) is 46.4 Å². The molecule has 0 aliphatic carbocycles. The highest BCUT2D eigenvalue weighted by molar-refractivity contribution is 7.12. The van der Waals surface area contributed by atoms with Gasteiger partial charge in [-0.2, -0.15) is 0 Å². The number of hydrogen-bond acceptors (Lipinski definition) is 3. The van der Waals surface area contributed by atoms with Crippen LogP contribution in [-0.2, 0) is 0 Å². The maximum atomic E-state index is 12.1. The minimum atomic E-state index is -1.74. The van der Waals surface area contributed by atoms with Crippen LogP contribution in [0.3, 0.4) is 0 Å². The van der Waals surface area contributed by atoms with E-state index in [1.54, 1.807) is 41.8 Å². The summed E-state index contributed by atoms with van der Waals surface area (Å²) in [6.07, 6.45) is -0.933. The predicted octanol–water partition coefficient (Wildman–Crippen LogP) is 4.94. The number of halogens is 4. The molecule has 112 valence electrons. The fourth-order valence-electron chi connectivity index (χ4n) is 1.54. The van der Waals surface area contributed by atoms with Gasteiger partial charge in [0.05, 0.1) is 15.6 Å². The van der Waals surface area contributed by atoms with Crippen molar-refractivity contribution in [1.82, 2.24) is 5.32 Å². The number of amides is 1. The van der Waals surface area contributed by atoms with Crippen molar-refractivity contribution < 1.29 is 4.79 Å². The van der Waals surface area contributed by atoms with Crippen molar-refractivity contribution in [2.75, 3.05) is 5.32 Å². The number of carbonyl (C=O) groups excluding carboxylic acids is 1. The molecule has 8 heteroatoms. The summed E-state index contributed by atoms with van der Waals surface area (Å²) in [5, 5.41) is 7.82. The first-order valence-corrected chi connectivity index (χ1v) is 8.19. The van der Waals surface area contributed by atoms with Crippen LogP contribution < -0.4 is 10.6 Å². The highest BCUT2D eigenvalue weighted by atomic mass is 35.6. The van der Waals surface area contributed by atoms with E-state index in [2.05, 4.69) is 10.6 Å². The van der Waals surface area contributed by atoms with E-state index >= 15 is 0 Å². The molecule has 0 saturated heterocycles. The van der Waals surface area contributed by atoms with Crippen LogP contribution in [0.25, 0.3) is 0 Å². The highest BCUT2D eigenvalue weighted by Crippen LogP contribution is 2.33. The van der Waals surface area contributed by atoms with Gasteiger partial charge in [-0.15, -0.1) is 11.3 Å². The molecule has 1 atom stereocenters. The molecule has 21 heavy (non-hydrogen) atoms. The summed E-state index contributed by atoms with van der Waals surface area (Å²) >= 11 is 25.1. The number of hydrogen-bond donors (Lipinski definition) is 2. The third-order valence-corrected chi connectivity index (χ3v) is 4.37. The molecule has 0 bridgehead atoms. The molecule has 0 radical (unpaired) electrons. The zero-order valence-corrected chi connectivity index (χ0v) is 14.3. The number of carbonyl (C=O) groups is 1. The molecule has 1 heterocycles. The number of thiophene rings is 1. The average molecular weight is 384 g/mol. The van der Waals surface area contributed by atoms with Crippen molar-refractivity contribution in [3.63, 3.8) is 0 Å². The van der Waals surface area contributed by atoms with Crippen LogP contribution in [0.15, 0.2) is 41.8 Å². The smallest absolute Gasteiger partial charge is 0.263 e. The van der Waals surface area contributed by atoms with Gasteiger partial charge in [-0.1, -0.05) is 64.6 Å². The SMILES string of the molecule is O=C(N[C@@H](Nc1ccccc1Cl)C(Cl)(Cl)Cl)c1cccs1. The van der Waals surface area contributed by atoms with E-state index in [1.807, 2.05) is 0 Å². The summed E-state index contributed by atoms with van der Waals surface area (Å²) in [4.78, 5) is 12.6. The number of benzene rings is 1. The van der Waals surface area contributed by atoms with E-state index in [9.17, 15) is 4.79 Å². The third-order valence-electron chi connectivity index (χ3n) is 2.52. The number of alkyl halides is 3. The van der Waals surface area contributed by atoms with E-state index in [0.717, 1.165) is 0 Å². The van der Waals surface area contributed by atoms with Crippen LogP contribution in [0.2, 0.25) is 5.02 Å². The monoisotopic (exact) mass is 382 g/mol. The van der Waals surface area contributed by atoms with E-state index in [0.29, 0.717) is 15.6 Å². The third kappa shape index (κ3) is 4.66. The molecule has 0 saturated carbocycles. The second kappa shape index (κ2) is 7.07. The zero-order chi connectivity index (χ0) is 15.5. The normalized spacial score (nSPS) is 12.8. The standard InChI is InChI=1S/C13H10Cl4N2OS/c14-8-4-1-2-5-9(8)18-12(13(15,16)17)19-11(20)10-6-3-7-21-10/h1-7,12,18H,(H,19,20)/t12-/m1/s1. The van der Waals surface area contributed by atoms with Gasteiger partial charge >= 0.3 is 0 Å². The summed E-state index contributed by atoms with van der Waals surface area (Å²) in [7, 11) is 0. The Labute approximate surface area is 146 Å². The van der Waals surface area contributed by atoms with Gasteiger partial charge in [-0.3, -0.25) is 4.79 Å². The zero-order valence-electron chi connectivity index (χ0n) is 10.4. The Balaban J connectivity index is 2.16. The molecule has 0 aliphatic heterocycles. The van der Waals surface area contributed by atoms with E-state index in [1.165, 1.54) is 11.3 Å². The predicted molar refractivity (Wildman–Crippen MR) is 90.9 cm³/mol. The maximum Gasteiger partial charge on any atom is 0.263 e. The summed E-state index contributed by atoms with van der Waals surface area (Å²) in [5.74, 6) is -0.333. The second-order valence-electron chi connectivity index (χ2n) is 4.05. The Morgan fingerprint density at radius 2 is 1.86 bits per heavy atom. The van der Waals surface area contributed by atoms with Crippen LogP contribution in [0.5, 0.6) is 0 Å². The first-order chi connectivity index (χ1) is 9.88. The first kappa shape index (κ1) is 16.7. The van der Waals surface area contributed by atoms with E-state index in [-0.39, 0.29) is 5.91 Å². The Morgan fingerprint density at radius 1 is 1.14 bits per heavy atom. The minimum Gasteiger partial charge on any atom is -0.361 e. The lowest BCUT2D eigenvalue weighted by molar-refractivity contribution is 0.0946. The van der Waals surface area contributed by atoms with Gasteiger partial charge in [0.25, 0.3) is 5.91 Å². The number of rotatable bonds is 4. The van der Waals surface area contributed by atoms with Gasteiger partial charge in [0.1, 0.15) is 6.17 Å².